The van der Waals surface area contributed by atoms with Crippen molar-refractivity contribution in [2.75, 3.05) is 11.9 Å². The van der Waals surface area contributed by atoms with Crippen molar-refractivity contribution in [3.8, 4) is 5.75 Å². The predicted octanol–water partition coefficient (Wildman–Crippen LogP) is 4.24. The lowest BCUT2D eigenvalue weighted by atomic mass is 10.0. The molecule has 0 saturated heterocycles. The fourth-order valence-electron chi connectivity index (χ4n) is 2.58. The van der Waals surface area contributed by atoms with Crippen LogP contribution in [-0.2, 0) is 4.79 Å². The number of ether oxygens (including phenoxy) is 1. The molecule has 3 rings (SSSR count). The van der Waals surface area contributed by atoms with Crippen LogP contribution >= 0.6 is 0 Å². The van der Waals surface area contributed by atoms with Crippen LogP contribution in [0.25, 0.3) is 0 Å². The molecule has 0 aliphatic heterocycles. The van der Waals surface area contributed by atoms with Gasteiger partial charge in [0, 0.05) is 11.1 Å². The van der Waals surface area contributed by atoms with E-state index in [4.69, 9.17) is 4.74 Å². The van der Waals surface area contributed by atoms with Crippen molar-refractivity contribution in [2.24, 2.45) is 0 Å². The molecule has 0 aliphatic carbocycles. The van der Waals surface area contributed by atoms with E-state index in [2.05, 4.69) is 5.32 Å². The Morgan fingerprint density at radius 2 is 1.62 bits per heavy atom. The average molecular weight is 345 g/mol. The highest BCUT2D eigenvalue weighted by molar-refractivity contribution is 6.13. The van der Waals surface area contributed by atoms with Gasteiger partial charge in [-0.15, -0.1) is 0 Å². The van der Waals surface area contributed by atoms with Crippen LogP contribution in [0.4, 0.5) is 5.69 Å². The molecule has 0 aliphatic rings. The van der Waals surface area contributed by atoms with Crippen LogP contribution in [0.3, 0.4) is 0 Å². The maximum absolute atomic E-state index is 12.7. The lowest BCUT2D eigenvalue weighted by Gasteiger charge is -2.11. The van der Waals surface area contributed by atoms with E-state index in [1.165, 1.54) is 0 Å². The lowest BCUT2D eigenvalue weighted by Crippen LogP contribution is -2.21. The monoisotopic (exact) mass is 345 g/mol. The van der Waals surface area contributed by atoms with Gasteiger partial charge in [0.05, 0.1) is 5.69 Å². The first kappa shape index (κ1) is 17.4. The van der Waals surface area contributed by atoms with Gasteiger partial charge in [0.1, 0.15) is 5.75 Å². The summed E-state index contributed by atoms with van der Waals surface area (Å²) in [5.74, 6) is 0.176. The van der Waals surface area contributed by atoms with Gasteiger partial charge in [-0.3, -0.25) is 9.59 Å². The standard InChI is InChI=1S/C22H19NO3/c1-16-8-7-11-18(14-16)26-15-21(24)23-20-13-6-5-12-19(20)22(25)17-9-3-2-4-10-17/h2-14H,15H2,1H3,(H,23,24). The molecule has 0 spiro atoms. The summed E-state index contributed by atoms with van der Waals surface area (Å²) in [5, 5.41) is 2.76. The van der Waals surface area contributed by atoms with Gasteiger partial charge < -0.3 is 10.1 Å². The van der Waals surface area contributed by atoms with Gasteiger partial charge in [0.15, 0.2) is 12.4 Å². The predicted molar refractivity (Wildman–Crippen MR) is 102 cm³/mol. The molecular formula is C22H19NO3. The molecule has 0 atom stereocenters. The van der Waals surface area contributed by atoms with Gasteiger partial charge in [-0.2, -0.15) is 0 Å². The van der Waals surface area contributed by atoms with E-state index in [-0.39, 0.29) is 18.3 Å². The first-order chi connectivity index (χ1) is 12.6. The summed E-state index contributed by atoms with van der Waals surface area (Å²) in [5.41, 5.74) is 2.55. The van der Waals surface area contributed by atoms with Gasteiger partial charge in [-0.25, -0.2) is 0 Å². The number of hydrogen-bond acceptors (Lipinski definition) is 3. The van der Waals surface area contributed by atoms with E-state index in [1.807, 2.05) is 43.3 Å². The number of carbonyl (C=O) groups is 2. The zero-order valence-electron chi connectivity index (χ0n) is 14.4. The number of rotatable bonds is 6. The Morgan fingerprint density at radius 1 is 0.885 bits per heavy atom. The first-order valence-electron chi connectivity index (χ1n) is 8.31. The van der Waals surface area contributed by atoms with Crippen molar-refractivity contribution in [1.29, 1.82) is 0 Å². The Labute approximate surface area is 152 Å². The molecule has 4 nitrogen and oxygen atoms in total. The number of amides is 1. The number of anilines is 1. The summed E-state index contributed by atoms with van der Waals surface area (Å²) >= 11 is 0. The number of ketones is 1. The molecule has 0 radical (unpaired) electrons. The Balaban J connectivity index is 1.70. The summed E-state index contributed by atoms with van der Waals surface area (Å²) in [6.45, 7) is 1.83. The number of hydrogen-bond donors (Lipinski definition) is 1. The van der Waals surface area contributed by atoms with Gasteiger partial charge in [-0.05, 0) is 36.8 Å². The topological polar surface area (TPSA) is 55.4 Å². The Morgan fingerprint density at radius 3 is 2.38 bits per heavy atom. The fourth-order valence-corrected chi connectivity index (χ4v) is 2.58. The maximum Gasteiger partial charge on any atom is 0.262 e. The Kier molecular flexibility index (Phi) is 5.44. The highest BCUT2D eigenvalue weighted by Crippen LogP contribution is 2.19. The van der Waals surface area contributed by atoms with Crippen molar-refractivity contribution in [3.05, 3.63) is 95.6 Å². The van der Waals surface area contributed by atoms with Gasteiger partial charge in [0.2, 0.25) is 0 Å². The maximum atomic E-state index is 12.7. The molecule has 4 heteroatoms. The van der Waals surface area contributed by atoms with E-state index >= 15 is 0 Å². The SMILES string of the molecule is Cc1cccc(OCC(=O)Nc2ccccc2C(=O)c2ccccc2)c1. The van der Waals surface area contributed by atoms with Crippen LogP contribution in [0.5, 0.6) is 5.75 Å². The minimum atomic E-state index is -0.320. The van der Waals surface area contributed by atoms with Crippen molar-refractivity contribution >= 4 is 17.4 Å². The van der Waals surface area contributed by atoms with Crippen LogP contribution in [0, 0.1) is 6.92 Å². The molecule has 0 fully saturated rings. The molecule has 26 heavy (non-hydrogen) atoms. The molecule has 3 aromatic carbocycles. The zero-order valence-corrected chi connectivity index (χ0v) is 14.4. The summed E-state index contributed by atoms with van der Waals surface area (Å²) in [6, 6.07) is 23.4. The number of aryl methyl sites for hydroxylation is 1. The molecule has 0 heterocycles. The summed E-state index contributed by atoms with van der Waals surface area (Å²) in [6.07, 6.45) is 0. The number of carbonyl (C=O) groups excluding carboxylic acids is 2. The zero-order chi connectivity index (χ0) is 18.4. The second-order valence-electron chi connectivity index (χ2n) is 5.89. The van der Waals surface area contributed by atoms with Gasteiger partial charge in [0.25, 0.3) is 5.91 Å². The average Bonchev–Trinajstić information content (AvgIpc) is 2.67. The first-order valence-corrected chi connectivity index (χ1v) is 8.31. The van der Waals surface area contributed by atoms with Crippen LogP contribution in [0.15, 0.2) is 78.9 Å². The number of nitrogens with one attached hydrogen (secondary N) is 1. The Bertz CT molecular complexity index is 919. The number of para-hydroxylation sites is 1. The van der Waals surface area contributed by atoms with Crippen molar-refractivity contribution in [2.45, 2.75) is 6.92 Å². The molecule has 3 aromatic rings. The second-order valence-corrected chi connectivity index (χ2v) is 5.89. The quantitative estimate of drug-likeness (QED) is 0.680. The highest BCUT2D eigenvalue weighted by atomic mass is 16.5. The van der Waals surface area contributed by atoms with E-state index in [0.717, 1.165) is 5.56 Å². The number of benzene rings is 3. The van der Waals surface area contributed by atoms with Crippen LogP contribution in [0.2, 0.25) is 0 Å². The van der Waals surface area contributed by atoms with Gasteiger partial charge in [-0.1, -0.05) is 54.6 Å². The highest BCUT2D eigenvalue weighted by Gasteiger charge is 2.15. The minimum absolute atomic E-state index is 0.128. The molecular weight excluding hydrogens is 326 g/mol. The van der Waals surface area contributed by atoms with E-state index in [9.17, 15) is 9.59 Å². The smallest absolute Gasteiger partial charge is 0.262 e. The van der Waals surface area contributed by atoms with Crippen molar-refractivity contribution in [1.82, 2.24) is 0 Å². The molecule has 0 bridgehead atoms. The lowest BCUT2D eigenvalue weighted by molar-refractivity contribution is -0.118. The third-order valence-corrected chi connectivity index (χ3v) is 3.84. The van der Waals surface area contributed by atoms with Crippen LogP contribution in [0.1, 0.15) is 21.5 Å². The third kappa shape index (κ3) is 4.36. The molecule has 1 amide bonds. The van der Waals surface area contributed by atoms with Crippen molar-refractivity contribution < 1.29 is 14.3 Å². The summed E-state index contributed by atoms with van der Waals surface area (Å²) in [4.78, 5) is 24.9. The minimum Gasteiger partial charge on any atom is -0.484 e. The molecule has 1 N–H and O–H groups in total. The van der Waals surface area contributed by atoms with Gasteiger partial charge >= 0.3 is 0 Å². The molecule has 130 valence electrons. The van der Waals surface area contributed by atoms with E-state index in [1.54, 1.807) is 42.5 Å². The van der Waals surface area contributed by atoms with E-state index in [0.29, 0.717) is 22.6 Å². The summed E-state index contributed by atoms with van der Waals surface area (Å²) < 4.78 is 5.51. The largest absolute Gasteiger partial charge is 0.484 e. The van der Waals surface area contributed by atoms with Crippen LogP contribution in [-0.4, -0.2) is 18.3 Å². The molecule has 0 aromatic heterocycles. The third-order valence-electron chi connectivity index (χ3n) is 3.84. The summed E-state index contributed by atoms with van der Waals surface area (Å²) in [7, 11) is 0. The van der Waals surface area contributed by atoms with Crippen LogP contribution < -0.4 is 10.1 Å². The normalized spacial score (nSPS) is 10.2. The van der Waals surface area contributed by atoms with E-state index < -0.39 is 0 Å². The molecule has 0 unspecified atom stereocenters. The second kappa shape index (κ2) is 8.12. The molecule has 0 saturated carbocycles. The van der Waals surface area contributed by atoms with Crippen molar-refractivity contribution in [3.63, 3.8) is 0 Å². The fraction of sp³-hybridized carbons (Fsp3) is 0.0909. The Hall–Kier alpha value is -3.40.